The maximum atomic E-state index is 12.9. The summed E-state index contributed by atoms with van der Waals surface area (Å²) >= 11 is 1.53. The van der Waals surface area contributed by atoms with Gasteiger partial charge in [-0.25, -0.2) is 18.2 Å². The lowest BCUT2D eigenvalue weighted by Crippen LogP contribution is -2.01. The van der Waals surface area contributed by atoms with Crippen LogP contribution < -0.4 is 5.73 Å². The first-order valence-corrected chi connectivity index (χ1v) is 3.99. The van der Waals surface area contributed by atoms with Crippen molar-refractivity contribution in [1.82, 2.24) is 4.98 Å². The molecule has 0 aromatic carbocycles. The first-order chi connectivity index (χ1) is 5.54. The van der Waals surface area contributed by atoms with Gasteiger partial charge >= 0.3 is 0 Å². The fourth-order valence-corrected chi connectivity index (χ4v) is 1.09. The standard InChI is InChI=1S/C6H4F3IN2/c7-3-2(5(8)9)1-12-6(11)4(3)10/h1,5H,(H2,11,12). The summed E-state index contributed by atoms with van der Waals surface area (Å²) in [5.41, 5.74) is 4.47. The van der Waals surface area contributed by atoms with Crippen LogP contribution in [0.4, 0.5) is 19.0 Å². The van der Waals surface area contributed by atoms with Gasteiger partial charge in [-0.05, 0) is 22.6 Å². The molecule has 0 atom stereocenters. The van der Waals surface area contributed by atoms with Crippen molar-refractivity contribution < 1.29 is 13.2 Å². The number of aromatic nitrogens is 1. The summed E-state index contributed by atoms with van der Waals surface area (Å²) in [6.07, 6.45) is -2.11. The Bertz CT molecular complexity index is 303. The van der Waals surface area contributed by atoms with Gasteiger partial charge < -0.3 is 5.73 Å². The van der Waals surface area contributed by atoms with E-state index in [2.05, 4.69) is 4.98 Å². The zero-order valence-electron chi connectivity index (χ0n) is 5.69. The number of alkyl halides is 2. The highest BCUT2D eigenvalue weighted by molar-refractivity contribution is 14.1. The Hall–Kier alpha value is -0.530. The van der Waals surface area contributed by atoms with Crippen LogP contribution in [-0.2, 0) is 0 Å². The van der Waals surface area contributed by atoms with Gasteiger partial charge in [-0.2, -0.15) is 0 Å². The summed E-state index contributed by atoms with van der Waals surface area (Å²) < 4.78 is 36.9. The van der Waals surface area contributed by atoms with Gasteiger partial charge in [-0.1, -0.05) is 0 Å². The predicted octanol–water partition coefficient (Wildman–Crippen LogP) is 2.35. The number of hydrogen-bond donors (Lipinski definition) is 1. The molecule has 1 rings (SSSR count). The van der Waals surface area contributed by atoms with E-state index in [0.717, 1.165) is 6.20 Å². The minimum atomic E-state index is -2.85. The molecule has 0 aliphatic rings. The van der Waals surface area contributed by atoms with E-state index in [1.807, 2.05) is 0 Å². The van der Waals surface area contributed by atoms with Crippen LogP contribution in [0, 0.1) is 9.39 Å². The fraction of sp³-hybridized carbons (Fsp3) is 0.167. The van der Waals surface area contributed by atoms with E-state index < -0.39 is 17.8 Å². The van der Waals surface area contributed by atoms with E-state index in [0.29, 0.717) is 0 Å². The van der Waals surface area contributed by atoms with Gasteiger partial charge in [-0.3, -0.25) is 0 Å². The Balaban J connectivity index is 3.27. The molecule has 0 bridgehead atoms. The molecule has 0 aliphatic carbocycles. The van der Waals surface area contributed by atoms with E-state index >= 15 is 0 Å². The fourth-order valence-electron chi connectivity index (χ4n) is 0.644. The van der Waals surface area contributed by atoms with Gasteiger partial charge in [0.15, 0.2) is 5.82 Å². The van der Waals surface area contributed by atoms with Crippen LogP contribution in [0.25, 0.3) is 0 Å². The third-order valence-corrected chi connectivity index (χ3v) is 2.28. The summed E-state index contributed by atoms with van der Waals surface area (Å²) in [6, 6.07) is 0. The topological polar surface area (TPSA) is 38.9 Å². The molecular formula is C6H4F3IN2. The highest BCUT2D eigenvalue weighted by atomic mass is 127. The number of nitrogen functional groups attached to an aromatic ring is 1. The summed E-state index contributed by atoms with van der Waals surface area (Å²) in [5.74, 6) is -1.06. The quantitative estimate of drug-likeness (QED) is 0.806. The average molecular weight is 288 g/mol. The molecule has 12 heavy (non-hydrogen) atoms. The van der Waals surface area contributed by atoms with Crippen LogP contribution in [0.15, 0.2) is 6.20 Å². The van der Waals surface area contributed by atoms with Crippen molar-refractivity contribution in [3.8, 4) is 0 Å². The SMILES string of the molecule is Nc1ncc(C(F)F)c(F)c1I. The molecule has 0 saturated carbocycles. The Morgan fingerprint density at radius 1 is 1.50 bits per heavy atom. The monoisotopic (exact) mass is 288 g/mol. The number of pyridine rings is 1. The van der Waals surface area contributed by atoms with Crippen LogP contribution in [-0.4, -0.2) is 4.98 Å². The third-order valence-electron chi connectivity index (χ3n) is 1.25. The number of rotatable bonds is 1. The lowest BCUT2D eigenvalue weighted by atomic mass is 10.3. The van der Waals surface area contributed by atoms with E-state index in [9.17, 15) is 13.2 Å². The van der Waals surface area contributed by atoms with Crippen LogP contribution in [0.2, 0.25) is 0 Å². The molecule has 0 radical (unpaired) electrons. The normalized spacial score (nSPS) is 10.8. The molecule has 1 aromatic rings. The van der Waals surface area contributed by atoms with Gasteiger partial charge in [0.25, 0.3) is 6.43 Å². The molecule has 1 aromatic heterocycles. The van der Waals surface area contributed by atoms with Crippen molar-refractivity contribution in [1.29, 1.82) is 0 Å². The zero-order chi connectivity index (χ0) is 9.30. The molecule has 0 saturated heterocycles. The molecule has 0 unspecified atom stereocenters. The van der Waals surface area contributed by atoms with E-state index in [-0.39, 0.29) is 9.39 Å². The van der Waals surface area contributed by atoms with Crippen molar-refractivity contribution in [2.75, 3.05) is 5.73 Å². The Morgan fingerprint density at radius 2 is 2.08 bits per heavy atom. The van der Waals surface area contributed by atoms with Crippen molar-refractivity contribution in [2.24, 2.45) is 0 Å². The molecular weight excluding hydrogens is 284 g/mol. The number of hydrogen-bond acceptors (Lipinski definition) is 2. The highest BCUT2D eigenvalue weighted by Crippen LogP contribution is 2.26. The molecule has 0 amide bonds. The molecule has 2 N–H and O–H groups in total. The second-order valence-electron chi connectivity index (χ2n) is 2.03. The Labute approximate surface area is 80.1 Å². The van der Waals surface area contributed by atoms with Gasteiger partial charge in [0.05, 0.1) is 9.13 Å². The van der Waals surface area contributed by atoms with Crippen molar-refractivity contribution in [2.45, 2.75) is 6.43 Å². The molecule has 0 aliphatic heterocycles. The number of halogens is 4. The minimum Gasteiger partial charge on any atom is -0.383 e. The Morgan fingerprint density at radius 3 is 2.58 bits per heavy atom. The minimum absolute atomic E-state index is 0.0644. The Kier molecular flexibility index (Phi) is 2.76. The number of nitrogens with two attached hydrogens (primary N) is 1. The lowest BCUT2D eigenvalue weighted by Gasteiger charge is -2.03. The molecule has 0 spiro atoms. The second kappa shape index (κ2) is 3.46. The molecule has 6 heteroatoms. The van der Waals surface area contributed by atoms with Crippen LogP contribution >= 0.6 is 22.6 Å². The van der Waals surface area contributed by atoms with Gasteiger partial charge in [0.1, 0.15) is 5.82 Å². The summed E-state index contributed by atoms with van der Waals surface area (Å²) in [7, 11) is 0. The predicted molar refractivity (Wildman–Crippen MR) is 46.3 cm³/mol. The molecule has 0 fully saturated rings. The van der Waals surface area contributed by atoms with Gasteiger partial charge in [0.2, 0.25) is 0 Å². The van der Waals surface area contributed by atoms with Crippen molar-refractivity contribution >= 4 is 28.4 Å². The third kappa shape index (κ3) is 1.62. The van der Waals surface area contributed by atoms with Crippen molar-refractivity contribution in [3.63, 3.8) is 0 Å². The van der Waals surface area contributed by atoms with Crippen LogP contribution in [0.5, 0.6) is 0 Å². The maximum absolute atomic E-state index is 12.9. The largest absolute Gasteiger partial charge is 0.383 e. The van der Waals surface area contributed by atoms with E-state index in [1.54, 1.807) is 0 Å². The summed E-state index contributed by atoms with van der Waals surface area (Å²) in [5, 5.41) is 0. The lowest BCUT2D eigenvalue weighted by molar-refractivity contribution is 0.145. The smallest absolute Gasteiger partial charge is 0.268 e. The van der Waals surface area contributed by atoms with Gasteiger partial charge in [0, 0.05) is 6.20 Å². The van der Waals surface area contributed by atoms with E-state index in [1.165, 1.54) is 22.6 Å². The first-order valence-electron chi connectivity index (χ1n) is 2.91. The molecule has 2 nitrogen and oxygen atoms in total. The van der Waals surface area contributed by atoms with E-state index in [4.69, 9.17) is 5.73 Å². The number of anilines is 1. The summed E-state index contributed by atoms with van der Waals surface area (Å²) in [4.78, 5) is 3.41. The maximum Gasteiger partial charge on any atom is 0.268 e. The second-order valence-corrected chi connectivity index (χ2v) is 3.11. The van der Waals surface area contributed by atoms with Crippen LogP contribution in [0.1, 0.15) is 12.0 Å². The molecule has 66 valence electrons. The highest BCUT2D eigenvalue weighted by Gasteiger charge is 2.17. The first kappa shape index (κ1) is 9.56. The molecule has 1 heterocycles. The summed E-state index contributed by atoms with van der Waals surface area (Å²) in [6.45, 7) is 0. The zero-order valence-corrected chi connectivity index (χ0v) is 7.85. The average Bonchev–Trinajstić information content (AvgIpc) is 2.00. The van der Waals surface area contributed by atoms with Crippen LogP contribution in [0.3, 0.4) is 0 Å². The number of nitrogens with zero attached hydrogens (tertiary/aromatic N) is 1. The van der Waals surface area contributed by atoms with Gasteiger partial charge in [-0.15, -0.1) is 0 Å². The van der Waals surface area contributed by atoms with Crippen molar-refractivity contribution in [3.05, 3.63) is 21.1 Å².